The Morgan fingerprint density at radius 2 is 1.64 bits per heavy atom. The second-order valence-corrected chi connectivity index (χ2v) is 6.65. The molecule has 0 aliphatic carbocycles. The largest absolute Gasteiger partial charge is 0.497 e. The zero-order valence-corrected chi connectivity index (χ0v) is 13.2. The fourth-order valence-electron chi connectivity index (χ4n) is 2.07. The predicted octanol–water partition coefficient (Wildman–Crippen LogP) is 2.10. The molecule has 0 amide bonds. The average molecular weight is 321 g/mol. The fraction of sp³-hybridized carbons (Fsp3) is 0.250. The molecule has 2 aromatic rings. The molecule has 0 bridgehead atoms. The molecule has 2 N–H and O–H groups in total. The Labute approximate surface area is 130 Å². The van der Waals surface area contributed by atoms with Crippen LogP contribution in [0.4, 0.5) is 0 Å². The molecule has 2 rings (SSSR count). The molecule has 0 aromatic heterocycles. The van der Waals surface area contributed by atoms with Crippen LogP contribution in [0.25, 0.3) is 0 Å². The van der Waals surface area contributed by atoms with Crippen LogP contribution in [-0.4, -0.2) is 26.7 Å². The topological polar surface area (TPSA) is 75.6 Å². The molecule has 6 heteroatoms. The first-order valence-electron chi connectivity index (χ1n) is 6.83. The molecule has 5 nitrogen and oxygen atoms in total. The van der Waals surface area contributed by atoms with Gasteiger partial charge in [-0.15, -0.1) is 0 Å². The molecule has 118 valence electrons. The molecule has 0 unspecified atom stereocenters. The Balaban J connectivity index is 2.13. The normalized spacial score (nSPS) is 14.3. The van der Waals surface area contributed by atoms with Gasteiger partial charge in [0, 0.05) is 6.04 Å². The van der Waals surface area contributed by atoms with E-state index in [1.54, 1.807) is 43.3 Å². The second-order valence-electron chi connectivity index (χ2n) is 4.94. The van der Waals surface area contributed by atoms with E-state index in [-0.39, 0.29) is 4.90 Å². The van der Waals surface area contributed by atoms with Gasteiger partial charge in [0.2, 0.25) is 10.0 Å². The number of nitrogens with one attached hydrogen (secondary N) is 1. The van der Waals surface area contributed by atoms with Crippen molar-refractivity contribution >= 4 is 10.0 Å². The zero-order valence-electron chi connectivity index (χ0n) is 12.4. The van der Waals surface area contributed by atoms with E-state index in [1.807, 2.05) is 6.07 Å². The van der Waals surface area contributed by atoms with Crippen LogP contribution in [0.2, 0.25) is 0 Å². The molecule has 2 atom stereocenters. The Morgan fingerprint density at radius 3 is 2.18 bits per heavy atom. The molecule has 0 fully saturated rings. The van der Waals surface area contributed by atoms with Crippen LogP contribution in [0.15, 0.2) is 59.5 Å². The van der Waals surface area contributed by atoms with E-state index < -0.39 is 22.2 Å². The first-order valence-corrected chi connectivity index (χ1v) is 8.32. The van der Waals surface area contributed by atoms with Crippen molar-refractivity contribution in [3.8, 4) is 5.75 Å². The van der Waals surface area contributed by atoms with Crippen LogP contribution in [0.3, 0.4) is 0 Å². The molecule has 2 aromatic carbocycles. The summed E-state index contributed by atoms with van der Waals surface area (Å²) in [5.41, 5.74) is 0.660. The van der Waals surface area contributed by atoms with Crippen LogP contribution in [0.1, 0.15) is 18.6 Å². The molecule has 0 saturated heterocycles. The zero-order chi connectivity index (χ0) is 16.2. The maximum Gasteiger partial charge on any atom is 0.240 e. The SMILES string of the molecule is COc1ccc(S(=O)(=O)N[C@H](C)[C@@H](O)c2ccccc2)cc1. The van der Waals surface area contributed by atoms with Crippen LogP contribution in [-0.2, 0) is 10.0 Å². The summed E-state index contributed by atoms with van der Waals surface area (Å²) >= 11 is 0. The maximum atomic E-state index is 12.3. The third-order valence-electron chi connectivity index (χ3n) is 3.33. The first-order chi connectivity index (χ1) is 10.4. The first kappa shape index (κ1) is 16.5. The molecule has 0 radical (unpaired) electrons. The highest BCUT2D eigenvalue weighted by Gasteiger charge is 2.23. The number of hydrogen-bond donors (Lipinski definition) is 2. The van der Waals surface area contributed by atoms with Crippen molar-refractivity contribution in [2.24, 2.45) is 0 Å². The minimum Gasteiger partial charge on any atom is -0.497 e. The van der Waals surface area contributed by atoms with Gasteiger partial charge in [0.15, 0.2) is 0 Å². The number of sulfonamides is 1. The summed E-state index contributed by atoms with van der Waals surface area (Å²) in [5, 5.41) is 10.2. The lowest BCUT2D eigenvalue weighted by Crippen LogP contribution is -2.37. The fourth-order valence-corrected chi connectivity index (χ4v) is 3.32. The lowest BCUT2D eigenvalue weighted by molar-refractivity contribution is 0.146. The number of rotatable bonds is 6. The smallest absolute Gasteiger partial charge is 0.240 e. The number of ether oxygens (including phenoxy) is 1. The number of methoxy groups -OCH3 is 1. The van der Waals surface area contributed by atoms with Crippen molar-refractivity contribution in [2.75, 3.05) is 7.11 Å². The summed E-state index contributed by atoms with van der Waals surface area (Å²) in [6.45, 7) is 1.62. The van der Waals surface area contributed by atoms with Crippen molar-refractivity contribution in [2.45, 2.75) is 24.0 Å². The van der Waals surface area contributed by atoms with E-state index in [0.717, 1.165) is 0 Å². The highest BCUT2D eigenvalue weighted by atomic mass is 32.2. The van der Waals surface area contributed by atoms with Gasteiger partial charge in [-0.05, 0) is 36.8 Å². The highest BCUT2D eigenvalue weighted by molar-refractivity contribution is 7.89. The Morgan fingerprint density at radius 1 is 1.05 bits per heavy atom. The van der Waals surface area contributed by atoms with Gasteiger partial charge in [-0.1, -0.05) is 30.3 Å². The molecule has 22 heavy (non-hydrogen) atoms. The Bertz CT molecular complexity index is 699. The van der Waals surface area contributed by atoms with E-state index in [1.165, 1.54) is 19.2 Å². The monoisotopic (exact) mass is 321 g/mol. The number of benzene rings is 2. The minimum atomic E-state index is -3.70. The second kappa shape index (κ2) is 6.91. The van der Waals surface area contributed by atoms with E-state index in [4.69, 9.17) is 4.74 Å². The van der Waals surface area contributed by atoms with Gasteiger partial charge in [0.25, 0.3) is 0 Å². The third kappa shape index (κ3) is 3.85. The maximum absolute atomic E-state index is 12.3. The molecular weight excluding hydrogens is 302 g/mol. The number of hydrogen-bond acceptors (Lipinski definition) is 4. The molecule has 0 heterocycles. The lowest BCUT2D eigenvalue weighted by atomic mass is 10.0. The standard InChI is InChI=1S/C16H19NO4S/c1-12(16(18)13-6-4-3-5-7-13)17-22(19,20)15-10-8-14(21-2)9-11-15/h3-12,16-18H,1-2H3/t12-,16-/m1/s1. The predicted molar refractivity (Wildman–Crippen MR) is 84.2 cm³/mol. The van der Waals surface area contributed by atoms with Crippen molar-refractivity contribution in [3.05, 3.63) is 60.2 Å². The van der Waals surface area contributed by atoms with Crippen LogP contribution in [0.5, 0.6) is 5.75 Å². The van der Waals surface area contributed by atoms with Gasteiger partial charge < -0.3 is 9.84 Å². The van der Waals surface area contributed by atoms with Crippen molar-refractivity contribution in [3.63, 3.8) is 0 Å². The molecular formula is C16H19NO4S. The van der Waals surface area contributed by atoms with Crippen LogP contribution < -0.4 is 9.46 Å². The van der Waals surface area contributed by atoms with Gasteiger partial charge >= 0.3 is 0 Å². The summed E-state index contributed by atoms with van der Waals surface area (Å²) in [5.74, 6) is 0.580. The summed E-state index contributed by atoms with van der Waals surface area (Å²) < 4.78 is 32.1. The summed E-state index contributed by atoms with van der Waals surface area (Å²) in [7, 11) is -2.19. The summed E-state index contributed by atoms with van der Waals surface area (Å²) in [6, 6.07) is 14.3. The van der Waals surface area contributed by atoms with E-state index in [2.05, 4.69) is 4.72 Å². The van der Waals surface area contributed by atoms with Crippen LogP contribution in [0, 0.1) is 0 Å². The van der Waals surface area contributed by atoms with E-state index >= 15 is 0 Å². The van der Waals surface area contributed by atoms with Crippen molar-refractivity contribution < 1.29 is 18.3 Å². The van der Waals surface area contributed by atoms with Crippen molar-refractivity contribution in [1.82, 2.24) is 4.72 Å². The van der Waals surface area contributed by atoms with Gasteiger partial charge in [-0.3, -0.25) is 0 Å². The minimum absolute atomic E-state index is 0.125. The molecule has 0 aliphatic heterocycles. The number of aliphatic hydroxyl groups excluding tert-OH is 1. The third-order valence-corrected chi connectivity index (χ3v) is 4.90. The number of aliphatic hydroxyl groups is 1. The lowest BCUT2D eigenvalue weighted by Gasteiger charge is -2.20. The highest BCUT2D eigenvalue weighted by Crippen LogP contribution is 2.20. The van der Waals surface area contributed by atoms with E-state index in [9.17, 15) is 13.5 Å². The Hall–Kier alpha value is -1.89. The van der Waals surface area contributed by atoms with Gasteiger partial charge in [0.05, 0.1) is 18.1 Å². The van der Waals surface area contributed by atoms with Crippen molar-refractivity contribution in [1.29, 1.82) is 0 Å². The van der Waals surface area contributed by atoms with Gasteiger partial charge in [-0.2, -0.15) is 0 Å². The molecule has 0 saturated carbocycles. The summed E-state index contributed by atoms with van der Waals surface area (Å²) in [4.78, 5) is 0.125. The molecule has 0 aliphatic rings. The Kier molecular flexibility index (Phi) is 5.18. The molecule has 0 spiro atoms. The van der Waals surface area contributed by atoms with E-state index in [0.29, 0.717) is 11.3 Å². The van der Waals surface area contributed by atoms with Gasteiger partial charge in [-0.25, -0.2) is 13.1 Å². The summed E-state index contributed by atoms with van der Waals surface area (Å²) in [6.07, 6.45) is -0.922. The van der Waals surface area contributed by atoms with Crippen LogP contribution >= 0.6 is 0 Å². The average Bonchev–Trinajstić information content (AvgIpc) is 2.54. The quantitative estimate of drug-likeness (QED) is 0.854. The van der Waals surface area contributed by atoms with Gasteiger partial charge in [0.1, 0.15) is 5.75 Å².